The number of nitrogens with one attached hydrogen (secondary N) is 1. The van der Waals surface area contributed by atoms with Gasteiger partial charge in [-0.2, -0.15) is 0 Å². The first-order valence-electron chi connectivity index (χ1n) is 10.9. The predicted molar refractivity (Wildman–Crippen MR) is 118 cm³/mol. The molecule has 1 N–H and O–H groups in total. The molecule has 1 aromatic carbocycles. The Morgan fingerprint density at radius 1 is 1.07 bits per heavy atom. The highest BCUT2D eigenvalue weighted by Gasteiger charge is 2.43. The Balaban J connectivity index is 0.00000240. The van der Waals surface area contributed by atoms with E-state index in [1.807, 2.05) is 29.0 Å². The van der Waals surface area contributed by atoms with E-state index in [1.54, 1.807) is 0 Å². The number of fused-ring (bicyclic) bond motifs is 1. The van der Waals surface area contributed by atoms with Gasteiger partial charge in [0, 0.05) is 30.7 Å². The summed E-state index contributed by atoms with van der Waals surface area (Å²) in [4.78, 5) is 31.0. The molecule has 0 bridgehead atoms. The molecule has 0 spiro atoms. The topological polar surface area (TPSA) is 52.7 Å². The summed E-state index contributed by atoms with van der Waals surface area (Å²) in [6, 6.07) is 8.40. The highest BCUT2D eigenvalue weighted by molar-refractivity contribution is 6.00. The van der Waals surface area contributed by atoms with E-state index in [1.165, 1.54) is 5.56 Å². The van der Waals surface area contributed by atoms with Crippen molar-refractivity contribution >= 4 is 29.9 Å². The molecule has 1 saturated heterocycles. The molecule has 1 aliphatic carbocycles. The molecule has 4 atom stereocenters. The maximum absolute atomic E-state index is 13.6. The van der Waals surface area contributed by atoms with Crippen molar-refractivity contribution in [2.24, 2.45) is 17.8 Å². The summed E-state index contributed by atoms with van der Waals surface area (Å²) in [6.45, 7) is 4.75. The van der Waals surface area contributed by atoms with Crippen molar-refractivity contribution in [3.63, 3.8) is 0 Å². The highest BCUT2D eigenvalue weighted by atomic mass is 35.5. The van der Waals surface area contributed by atoms with Crippen molar-refractivity contribution in [1.29, 1.82) is 0 Å². The number of anilines is 1. The van der Waals surface area contributed by atoms with E-state index in [0.29, 0.717) is 5.92 Å². The molecule has 0 aromatic heterocycles. The molecule has 29 heavy (non-hydrogen) atoms. The van der Waals surface area contributed by atoms with Gasteiger partial charge in [0.05, 0.1) is 5.92 Å². The number of benzene rings is 1. The molecule has 1 saturated carbocycles. The molecule has 4 rings (SSSR count). The van der Waals surface area contributed by atoms with Gasteiger partial charge in [0.1, 0.15) is 0 Å². The maximum Gasteiger partial charge on any atom is 0.231 e. The second-order valence-electron chi connectivity index (χ2n) is 8.88. The van der Waals surface area contributed by atoms with Crippen LogP contribution in [0.2, 0.25) is 0 Å². The van der Waals surface area contributed by atoms with Crippen molar-refractivity contribution in [3.8, 4) is 0 Å². The van der Waals surface area contributed by atoms with Crippen LogP contribution in [0.25, 0.3) is 0 Å². The number of hydrogen-bond acceptors (Lipinski definition) is 3. The van der Waals surface area contributed by atoms with Crippen molar-refractivity contribution in [3.05, 3.63) is 29.8 Å². The standard InChI is InChI=1S/C23H33N3O2.ClH/c1-16-13-18-7-3-6-10-21(18)26(16)23(28)20-9-5-4-8-19(20)22(27)25-12-11-17(15-25)14-24-2;/h3,6-7,10,16-17,19-20,24H,4-5,8-9,11-15H2,1-2H3;1H. The second-order valence-corrected chi connectivity index (χ2v) is 8.88. The van der Waals surface area contributed by atoms with E-state index in [2.05, 4.69) is 24.4 Å². The minimum atomic E-state index is -0.168. The van der Waals surface area contributed by atoms with Crippen molar-refractivity contribution in [2.45, 2.75) is 51.5 Å². The summed E-state index contributed by atoms with van der Waals surface area (Å²) < 4.78 is 0. The molecular formula is C23H34ClN3O2. The third-order valence-electron chi connectivity index (χ3n) is 6.94. The van der Waals surface area contributed by atoms with Crippen LogP contribution in [0.3, 0.4) is 0 Å². The summed E-state index contributed by atoms with van der Waals surface area (Å²) >= 11 is 0. The van der Waals surface area contributed by atoms with E-state index in [4.69, 9.17) is 0 Å². The van der Waals surface area contributed by atoms with E-state index in [9.17, 15) is 9.59 Å². The van der Waals surface area contributed by atoms with Crippen LogP contribution in [-0.2, 0) is 16.0 Å². The summed E-state index contributed by atoms with van der Waals surface area (Å²) in [5.41, 5.74) is 2.29. The predicted octanol–water partition coefficient (Wildman–Crippen LogP) is 3.26. The van der Waals surface area contributed by atoms with Crippen LogP contribution in [0.4, 0.5) is 5.69 Å². The Morgan fingerprint density at radius 2 is 1.76 bits per heavy atom. The van der Waals surface area contributed by atoms with Gasteiger partial charge < -0.3 is 15.1 Å². The first kappa shape index (κ1) is 22.1. The number of carbonyl (C=O) groups is 2. The SMILES string of the molecule is CNCC1CCN(C(=O)C2CCCCC2C(=O)N2c3ccccc3CC2C)C1.Cl. The normalized spacial score (nSPS) is 28.8. The van der Waals surface area contributed by atoms with Gasteiger partial charge in [-0.25, -0.2) is 0 Å². The first-order valence-corrected chi connectivity index (χ1v) is 10.9. The van der Waals surface area contributed by atoms with Crippen molar-refractivity contribution in [1.82, 2.24) is 10.2 Å². The van der Waals surface area contributed by atoms with Gasteiger partial charge >= 0.3 is 0 Å². The molecular weight excluding hydrogens is 386 g/mol. The molecule has 5 nitrogen and oxygen atoms in total. The lowest BCUT2D eigenvalue weighted by Crippen LogP contribution is -2.48. The highest BCUT2D eigenvalue weighted by Crippen LogP contribution is 2.39. The Hall–Kier alpha value is -1.59. The zero-order chi connectivity index (χ0) is 19.7. The average molecular weight is 420 g/mol. The van der Waals surface area contributed by atoms with Crippen molar-refractivity contribution < 1.29 is 9.59 Å². The van der Waals surface area contributed by atoms with Gasteiger partial charge in [0.2, 0.25) is 11.8 Å². The average Bonchev–Trinajstić information content (AvgIpc) is 3.31. The molecule has 2 amide bonds. The fraction of sp³-hybridized carbons (Fsp3) is 0.652. The molecule has 2 fully saturated rings. The molecule has 2 aliphatic heterocycles. The first-order chi connectivity index (χ1) is 13.6. The Morgan fingerprint density at radius 3 is 2.48 bits per heavy atom. The number of halogens is 1. The van der Waals surface area contributed by atoms with Crippen LogP contribution in [0, 0.1) is 17.8 Å². The number of amides is 2. The molecule has 0 radical (unpaired) electrons. The summed E-state index contributed by atoms with van der Waals surface area (Å²) in [6.07, 6.45) is 5.77. The summed E-state index contributed by atoms with van der Waals surface area (Å²) in [5, 5.41) is 3.23. The van der Waals surface area contributed by atoms with E-state index in [-0.39, 0.29) is 42.1 Å². The minimum absolute atomic E-state index is 0. The van der Waals surface area contributed by atoms with E-state index >= 15 is 0 Å². The lowest BCUT2D eigenvalue weighted by Gasteiger charge is -2.36. The minimum Gasteiger partial charge on any atom is -0.342 e. The molecule has 1 aromatic rings. The van der Waals surface area contributed by atoms with Gasteiger partial charge in [-0.15, -0.1) is 12.4 Å². The Kier molecular flexibility index (Phi) is 7.23. The van der Waals surface area contributed by atoms with Crippen LogP contribution >= 0.6 is 12.4 Å². The van der Waals surface area contributed by atoms with Gasteiger partial charge in [0.15, 0.2) is 0 Å². The summed E-state index contributed by atoms with van der Waals surface area (Å²) in [5.74, 6) is 0.614. The molecule has 6 heteroatoms. The molecule has 3 aliphatic rings. The number of likely N-dealkylation sites (tertiary alicyclic amines) is 1. The van der Waals surface area contributed by atoms with E-state index < -0.39 is 0 Å². The fourth-order valence-electron chi connectivity index (χ4n) is 5.52. The lowest BCUT2D eigenvalue weighted by atomic mass is 9.77. The summed E-state index contributed by atoms with van der Waals surface area (Å²) in [7, 11) is 1.97. The number of para-hydroxylation sites is 1. The number of rotatable bonds is 4. The fourth-order valence-corrected chi connectivity index (χ4v) is 5.52. The zero-order valence-corrected chi connectivity index (χ0v) is 18.4. The van der Waals surface area contributed by atoms with Gasteiger partial charge in [-0.1, -0.05) is 31.0 Å². The van der Waals surface area contributed by atoms with Gasteiger partial charge in [-0.3, -0.25) is 9.59 Å². The monoisotopic (exact) mass is 419 g/mol. The number of nitrogens with zero attached hydrogens (tertiary/aromatic N) is 2. The quantitative estimate of drug-likeness (QED) is 0.814. The maximum atomic E-state index is 13.6. The van der Waals surface area contributed by atoms with Crippen LogP contribution in [0.1, 0.15) is 44.6 Å². The lowest BCUT2D eigenvalue weighted by molar-refractivity contribution is -0.142. The van der Waals surface area contributed by atoms with Crippen LogP contribution in [0.5, 0.6) is 0 Å². The largest absolute Gasteiger partial charge is 0.342 e. The third kappa shape index (κ3) is 4.31. The number of hydrogen-bond donors (Lipinski definition) is 1. The molecule has 160 valence electrons. The van der Waals surface area contributed by atoms with Crippen LogP contribution in [0.15, 0.2) is 24.3 Å². The molecule has 4 unspecified atom stereocenters. The van der Waals surface area contributed by atoms with Crippen molar-refractivity contribution in [2.75, 3.05) is 31.6 Å². The third-order valence-corrected chi connectivity index (χ3v) is 6.94. The number of carbonyl (C=O) groups excluding carboxylic acids is 2. The zero-order valence-electron chi connectivity index (χ0n) is 17.6. The van der Waals surface area contributed by atoms with Gasteiger partial charge in [-0.05, 0) is 63.7 Å². The van der Waals surface area contributed by atoms with Crippen LogP contribution in [-0.4, -0.2) is 49.4 Å². The second kappa shape index (κ2) is 9.48. The molecule has 2 heterocycles. The van der Waals surface area contributed by atoms with Crippen LogP contribution < -0.4 is 10.2 Å². The van der Waals surface area contributed by atoms with E-state index in [0.717, 1.165) is 63.8 Å². The Bertz CT molecular complexity index is 741. The van der Waals surface area contributed by atoms with Gasteiger partial charge in [0.25, 0.3) is 0 Å². The Labute approximate surface area is 180 Å². The smallest absolute Gasteiger partial charge is 0.231 e.